The van der Waals surface area contributed by atoms with Crippen molar-refractivity contribution in [2.45, 2.75) is 30.6 Å². The lowest BCUT2D eigenvalue weighted by Gasteiger charge is -2.28. The number of nitrogens with one attached hydrogen (secondary N) is 1. The van der Waals surface area contributed by atoms with Crippen LogP contribution < -0.4 is 14.4 Å². The highest BCUT2D eigenvalue weighted by atomic mass is 32.2. The zero-order chi connectivity index (χ0) is 23.0. The Balaban J connectivity index is 1.40. The average molecular weight is 482 g/mol. The number of ether oxygens (including phenoxy) is 1. The summed E-state index contributed by atoms with van der Waals surface area (Å²) in [7, 11) is -3.74. The summed E-state index contributed by atoms with van der Waals surface area (Å²) in [6.07, 6.45) is 5.80. The molecule has 1 aromatic heterocycles. The van der Waals surface area contributed by atoms with Gasteiger partial charge in [-0.25, -0.2) is 13.4 Å². The number of nitrogens with zero attached hydrogens (tertiary/aromatic N) is 2. The number of fused-ring (bicyclic) bond motifs is 2. The van der Waals surface area contributed by atoms with Crippen LogP contribution >= 0.6 is 11.3 Å². The molecule has 0 bridgehead atoms. The van der Waals surface area contributed by atoms with Crippen molar-refractivity contribution in [1.29, 1.82) is 0 Å². The number of carbonyl (C=O) groups excluding carboxylic acids is 1. The minimum absolute atomic E-state index is 0.00842. The summed E-state index contributed by atoms with van der Waals surface area (Å²) in [6, 6.07) is 10.8. The Morgan fingerprint density at radius 2 is 1.97 bits per heavy atom. The molecule has 9 heteroatoms. The number of aryl methyl sites for hydroxylation is 2. The van der Waals surface area contributed by atoms with Crippen molar-refractivity contribution in [2.24, 2.45) is 0 Å². The van der Waals surface area contributed by atoms with Gasteiger partial charge in [0.25, 0.3) is 15.9 Å². The molecular weight excluding hydrogens is 458 g/mol. The molecule has 0 unspecified atom stereocenters. The van der Waals surface area contributed by atoms with E-state index in [0.717, 1.165) is 36.8 Å². The summed E-state index contributed by atoms with van der Waals surface area (Å²) in [5.41, 5.74) is 4.36. The van der Waals surface area contributed by atoms with Gasteiger partial charge in [0.1, 0.15) is 5.75 Å². The summed E-state index contributed by atoms with van der Waals surface area (Å²) >= 11 is 1.21. The number of hydrogen-bond acceptors (Lipinski definition) is 6. The molecule has 1 amide bonds. The molecule has 2 heterocycles. The molecule has 0 atom stereocenters. The lowest BCUT2D eigenvalue weighted by atomic mass is 9.92. The fraction of sp³-hybridized carbons (Fsp3) is 0.250. The Bertz CT molecular complexity index is 1350. The van der Waals surface area contributed by atoms with Crippen LogP contribution in [0.25, 0.3) is 11.3 Å². The summed E-state index contributed by atoms with van der Waals surface area (Å²) in [4.78, 5) is 18.6. The van der Waals surface area contributed by atoms with Gasteiger partial charge in [-0.2, -0.15) is 0 Å². The van der Waals surface area contributed by atoms with Gasteiger partial charge in [0.15, 0.2) is 11.7 Å². The van der Waals surface area contributed by atoms with Crippen molar-refractivity contribution < 1.29 is 17.9 Å². The van der Waals surface area contributed by atoms with E-state index in [0.29, 0.717) is 23.7 Å². The smallest absolute Gasteiger partial charge is 0.265 e. The quantitative estimate of drug-likeness (QED) is 0.527. The third-order valence-corrected chi connectivity index (χ3v) is 8.09. The van der Waals surface area contributed by atoms with Crippen LogP contribution in [0.4, 0.5) is 10.8 Å². The molecule has 0 saturated carbocycles. The second kappa shape index (κ2) is 8.64. The first-order valence-corrected chi connectivity index (χ1v) is 13.1. The predicted octanol–water partition coefficient (Wildman–Crippen LogP) is 4.40. The molecule has 2 aliphatic rings. The molecule has 2 aromatic carbocycles. The van der Waals surface area contributed by atoms with Gasteiger partial charge in [-0.15, -0.1) is 17.9 Å². The lowest BCUT2D eigenvalue weighted by Crippen LogP contribution is -2.38. The topological polar surface area (TPSA) is 88.6 Å². The second-order valence-electron chi connectivity index (χ2n) is 8.05. The predicted molar refractivity (Wildman–Crippen MR) is 129 cm³/mol. The van der Waals surface area contributed by atoms with Crippen molar-refractivity contribution in [3.63, 3.8) is 0 Å². The fourth-order valence-corrected chi connectivity index (χ4v) is 6.22. The largest absolute Gasteiger partial charge is 0.482 e. The van der Waals surface area contributed by atoms with Gasteiger partial charge in [0.05, 0.1) is 16.3 Å². The highest BCUT2D eigenvalue weighted by molar-refractivity contribution is 7.93. The Labute approximate surface area is 196 Å². The zero-order valence-electron chi connectivity index (χ0n) is 17.9. The van der Waals surface area contributed by atoms with Crippen molar-refractivity contribution in [3.05, 3.63) is 65.6 Å². The molecule has 1 aliphatic heterocycles. The van der Waals surface area contributed by atoms with Crippen LogP contribution in [0.5, 0.6) is 5.75 Å². The van der Waals surface area contributed by atoms with E-state index in [2.05, 4.69) is 16.3 Å². The number of thiazole rings is 1. The third kappa shape index (κ3) is 4.26. The van der Waals surface area contributed by atoms with Gasteiger partial charge >= 0.3 is 0 Å². The zero-order valence-corrected chi connectivity index (χ0v) is 19.5. The van der Waals surface area contributed by atoms with Crippen molar-refractivity contribution in [1.82, 2.24) is 4.98 Å². The molecule has 3 aromatic rings. The number of sulfonamides is 1. The van der Waals surface area contributed by atoms with Gasteiger partial charge < -0.3 is 9.64 Å². The molecule has 0 saturated heterocycles. The second-order valence-corrected chi connectivity index (χ2v) is 10.6. The van der Waals surface area contributed by atoms with E-state index in [1.165, 1.54) is 16.9 Å². The summed E-state index contributed by atoms with van der Waals surface area (Å²) in [5.74, 6) is 0.472. The minimum Gasteiger partial charge on any atom is -0.482 e. The van der Waals surface area contributed by atoms with Crippen LogP contribution in [0.2, 0.25) is 0 Å². The van der Waals surface area contributed by atoms with Gasteiger partial charge in [-0.05, 0) is 67.1 Å². The van der Waals surface area contributed by atoms with Gasteiger partial charge in [-0.1, -0.05) is 12.1 Å². The molecule has 1 N–H and O–H groups in total. The first-order chi connectivity index (χ1) is 15.9. The highest BCUT2D eigenvalue weighted by Crippen LogP contribution is 2.37. The standard InChI is InChI=1S/C24H23N3O4S2/c1-2-11-27-21-13-18(8-10-22(21)31-14-23(27)28)20-15-32-24(25-20)26-33(29,30)19-9-7-16-5-3-4-6-17(16)12-19/h2,7-10,12-13,15H,1,3-6,11,14H2,(H,25,26). The maximum absolute atomic E-state index is 13.0. The van der Waals surface area contributed by atoms with E-state index in [-0.39, 0.29) is 22.5 Å². The summed E-state index contributed by atoms with van der Waals surface area (Å²) < 4.78 is 34.1. The van der Waals surface area contributed by atoms with E-state index in [9.17, 15) is 13.2 Å². The number of anilines is 2. The molecule has 7 nitrogen and oxygen atoms in total. The van der Waals surface area contributed by atoms with Crippen molar-refractivity contribution in [2.75, 3.05) is 22.8 Å². The Hall–Kier alpha value is -3.17. The van der Waals surface area contributed by atoms with Crippen LogP contribution in [0, 0.1) is 0 Å². The molecule has 0 fully saturated rings. The van der Waals surface area contributed by atoms with Crippen LogP contribution in [-0.2, 0) is 27.7 Å². The van der Waals surface area contributed by atoms with Crippen LogP contribution in [-0.4, -0.2) is 32.5 Å². The normalized spacial score (nSPS) is 15.4. The molecular formula is C24H23N3O4S2. The lowest BCUT2D eigenvalue weighted by molar-refractivity contribution is -0.121. The Morgan fingerprint density at radius 1 is 1.15 bits per heavy atom. The monoisotopic (exact) mass is 481 g/mol. The molecule has 0 spiro atoms. The fourth-order valence-electron chi connectivity index (χ4n) is 4.19. The van der Waals surface area contributed by atoms with E-state index in [4.69, 9.17) is 4.74 Å². The first kappa shape index (κ1) is 21.7. The van der Waals surface area contributed by atoms with E-state index >= 15 is 0 Å². The molecule has 1 aliphatic carbocycles. The first-order valence-electron chi connectivity index (χ1n) is 10.7. The number of carbonyl (C=O) groups is 1. The molecule has 170 valence electrons. The van der Waals surface area contributed by atoms with Gasteiger partial charge in [0.2, 0.25) is 0 Å². The maximum Gasteiger partial charge on any atom is 0.265 e. The Kier molecular flexibility index (Phi) is 5.67. The van der Waals surface area contributed by atoms with Crippen molar-refractivity contribution >= 4 is 38.1 Å². The highest BCUT2D eigenvalue weighted by Gasteiger charge is 2.25. The molecule has 33 heavy (non-hydrogen) atoms. The molecule has 0 radical (unpaired) electrons. The SMILES string of the molecule is C=CCN1C(=O)COc2ccc(-c3csc(NS(=O)(=O)c4ccc5c(c4)CCCC5)n3)cc21. The number of aromatic nitrogens is 1. The number of hydrogen-bond donors (Lipinski definition) is 1. The number of amides is 1. The van der Waals surface area contributed by atoms with Gasteiger partial charge in [0, 0.05) is 17.5 Å². The summed E-state index contributed by atoms with van der Waals surface area (Å²) in [6.45, 7) is 4.09. The maximum atomic E-state index is 13.0. The minimum atomic E-state index is -3.74. The van der Waals surface area contributed by atoms with Gasteiger partial charge in [-0.3, -0.25) is 9.52 Å². The molecule has 5 rings (SSSR count). The number of rotatable bonds is 6. The van der Waals surface area contributed by atoms with Crippen LogP contribution in [0.1, 0.15) is 24.0 Å². The summed E-state index contributed by atoms with van der Waals surface area (Å²) in [5, 5.41) is 2.08. The Morgan fingerprint density at radius 3 is 2.79 bits per heavy atom. The average Bonchev–Trinajstić information content (AvgIpc) is 3.28. The number of benzene rings is 2. The van der Waals surface area contributed by atoms with Crippen molar-refractivity contribution in [3.8, 4) is 17.0 Å². The van der Waals surface area contributed by atoms with E-state index in [1.807, 2.05) is 18.2 Å². The third-order valence-electron chi connectivity index (χ3n) is 5.87. The van der Waals surface area contributed by atoms with E-state index < -0.39 is 10.0 Å². The van der Waals surface area contributed by atoms with Crippen LogP contribution in [0.3, 0.4) is 0 Å². The van der Waals surface area contributed by atoms with E-state index in [1.54, 1.807) is 34.6 Å². The van der Waals surface area contributed by atoms with Crippen LogP contribution in [0.15, 0.2) is 59.3 Å².